The number of carboxylic acid groups (broad SMARTS) is 1. The normalized spacial score (nSPS) is 13.3. The second-order valence-electron chi connectivity index (χ2n) is 5.23. The Morgan fingerprint density at radius 2 is 2.17 bits per heavy atom. The largest absolute Gasteiger partial charge is 0.479 e. The third kappa shape index (κ3) is 3.03. The fourth-order valence-electron chi connectivity index (χ4n) is 2.49. The topological polar surface area (TPSA) is 108 Å². The summed E-state index contributed by atoms with van der Waals surface area (Å²) in [5.74, 6) is -2.47. The van der Waals surface area contributed by atoms with Gasteiger partial charge >= 0.3 is 11.9 Å². The number of hydrogen-bond acceptors (Lipinski definition) is 4. The molecule has 0 saturated carbocycles. The van der Waals surface area contributed by atoms with E-state index in [1.807, 2.05) is 25.1 Å². The smallest absolute Gasteiger partial charge is 0.344 e. The van der Waals surface area contributed by atoms with E-state index in [1.54, 1.807) is 13.1 Å². The minimum absolute atomic E-state index is 0.0154. The molecule has 0 aliphatic rings. The Hall–Kier alpha value is -2.83. The van der Waals surface area contributed by atoms with Gasteiger partial charge in [-0.25, -0.2) is 9.59 Å². The van der Waals surface area contributed by atoms with Crippen molar-refractivity contribution in [1.29, 1.82) is 0 Å². The first-order chi connectivity index (χ1) is 10.9. The van der Waals surface area contributed by atoms with Crippen molar-refractivity contribution in [2.24, 2.45) is 0 Å². The van der Waals surface area contributed by atoms with E-state index in [1.165, 1.54) is 0 Å². The summed E-state index contributed by atoms with van der Waals surface area (Å²) < 4.78 is 4.85. The maximum atomic E-state index is 12.2. The molecule has 1 aromatic heterocycles. The monoisotopic (exact) mass is 318 g/mol. The first kappa shape index (κ1) is 16.5. The van der Waals surface area contributed by atoms with Crippen LogP contribution in [0.25, 0.3) is 10.9 Å². The number of carbonyl (C=O) groups is 3. The Balaban J connectivity index is 2.48. The molecule has 1 amide bonds. The molecule has 0 bridgehead atoms. The molecule has 0 aliphatic heterocycles. The molecule has 1 unspecified atom stereocenters. The molecule has 0 saturated heterocycles. The van der Waals surface area contributed by atoms with Crippen molar-refractivity contribution in [2.45, 2.75) is 25.8 Å². The quantitative estimate of drug-likeness (QED) is 0.403. The van der Waals surface area contributed by atoms with Crippen LogP contribution in [0.4, 0.5) is 0 Å². The highest BCUT2D eigenvalue weighted by molar-refractivity contribution is 6.06. The molecule has 122 valence electrons. The molecule has 1 heterocycles. The van der Waals surface area contributed by atoms with Crippen molar-refractivity contribution < 1.29 is 24.2 Å². The number of ether oxygens (including phenoxy) is 1. The number of amides is 1. The zero-order chi connectivity index (χ0) is 17.0. The van der Waals surface area contributed by atoms with Gasteiger partial charge in [-0.1, -0.05) is 12.1 Å². The van der Waals surface area contributed by atoms with E-state index in [9.17, 15) is 19.5 Å². The van der Waals surface area contributed by atoms with Gasteiger partial charge in [0.2, 0.25) is 11.9 Å². The van der Waals surface area contributed by atoms with Gasteiger partial charge in [-0.15, -0.1) is 0 Å². The maximum absolute atomic E-state index is 12.2. The van der Waals surface area contributed by atoms with Crippen molar-refractivity contribution in [3.63, 3.8) is 0 Å². The van der Waals surface area contributed by atoms with Crippen LogP contribution >= 0.6 is 0 Å². The van der Waals surface area contributed by atoms with Gasteiger partial charge < -0.3 is 20.1 Å². The van der Waals surface area contributed by atoms with Gasteiger partial charge in [-0.3, -0.25) is 4.79 Å². The summed E-state index contributed by atoms with van der Waals surface area (Å²) in [5.41, 5.74) is 0.323. The van der Waals surface area contributed by atoms with E-state index in [0.717, 1.165) is 16.5 Å². The van der Waals surface area contributed by atoms with E-state index < -0.39 is 17.5 Å². The highest BCUT2D eigenvalue weighted by atomic mass is 16.5. The number of aryl methyl sites for hydroxylation is 1. The third-order valence-corrected chi connectivity index (χ3v) is 3.67. The zero-order valence-electron chi connectivity index (χ0n) is 12.9. The van der Waals surface area contributed by atoms with Crippen LogP contribution in [0.1, 0.15) is 18.1 Å². The number of H-pyrrole nitrogens is 1. The molecule has 0 fully saturated rings. The summed E-state index contributed by atoms with van der Waals surface area (Å²) in [5, 5.41) is 12.5. The first-order valence-corrected chi connectivity index (χ1v) is 7.13. The van der Waals surface area contributed by atoms with Crippen molar-refractivity contribution in [1.82, 2.24) is 10.3 Å². The number of nitrogens with one attached hydrogen (secondary N) is 2. The summed E-state index contributed by atoms with van der Waals surface area (Å²) in [7, 11) is 0. The van der Waals surface area contributed by atoms with Gasteiger partial charge in [0.1, 0.15) is 0 Å². The zero-order valence-corrected chi connectivity index (χ0v) is 12.9. The molecular formula is C16H18N2O5. The van der Waals surface area contributed by atoms with Crippen molar-refractivity contribution in [3.8, 4) is 0 Å². The third-order valence-electron chi connectivity index (χ3n) is 3.67. The lowest BCUT2D eigenvalue weighted by Crippen LogP contribution is -2.60. The second kappa shape index (κ2) is 6.51. The fraction of sp³-hybridized carbons (Fsp3) is 0.312. The van der Waals surface area contributed by atoms with E-state index in [0.29, 0.717) is 5.56 Å². The molecule has 0 spiro atoms. The van der Waals surface area contributed by atoms with Gasteiger partial charge in [0.25, 0.3) is 0 Å². The van der Waals surface area contributed by atoms with Gasteiger partial charge in [0, 0.05) is 23.5 Å². The number of esters is 1. The highest BCUT2D eigenvalue weighted by Crippen LogP contribution is 2.24. The van der Waals surface area contributed by atoms with Crippen LogP contribution in [-0.2, 0) is 25.5 Å². The lowest BCUT2D eigenvalue weighted by atomic mass is 9.90. The fourth-order valence-corrected chi connectivity index (χ4v) is 2.49. The first-order valence-electron chi connectivity index (χ1n) is 7.13. The second-order valence-corrected chi connectivity index (χ2v) is 5.23. The van der Waals surface area contributed by atoms with Crippen LogP contribution in [0.2, 0.25) is 0 Å². The summed E-state index contributed by atoms with van der Waals surface area (Å²) in [6.07, 6.45) is 1.61. The molecule has 2 aromatic rings. The Bertz CT molecular complexity index is 752. The molecule has 0 aliphatic carbocycles. The number of rotatable bonds is 7. The van der Waals surface area contributed by atoms with E-state index >= 15 is 0 Å². The summed E-state index contributed by atoms with van der Waals surface area (Å²) in [4.78, 5) is 37.8. The molecule has 7 heteroatoms. The summed E-state index contributed by atoms with van der Waals surface area (Å²) in [6, 6.07) is 5.65. The van der Waals surface area contributed by atoms with Crippen LogP contribution in [0, 0.1) is 6.92 Å². The van der Waals surface area contributed by atoms with E-state index in [2.05, 4.69) is 10.3 Å². The van der Waals surface area contributed by atoms with Gasteiger partial charge in [-0.05, 0) is 31.0 Å². The van der Waals surface area contributed by atoms with Crippen LogP contribution in [0.15, 0.2) is 24.4 Å². The van der Waals surface area contributed by atoms with E-state index in [-0.39, 0.29) is 19.4 Å². The molecule has 2 rings (SSSR count). The highest BCUT2D eigenvalue weighted by Gasteiger charge is 2.48. The van der Waals surface area contributed by atoms with Gasteiger partial charge in [-0.2, -0.15) is 0 Å². The van der Waals surface area contributed by atoms with Crippen LogP contribution in [0.3, 0.4) is 0 Å². The van der Waals surface area contributed by atoms with Crippen molar-refractivity contribution in [3.05, 3.63) is 35.5 Å². The molecule has 0 radical (unpaired) electrons. The molecule has 7 nitrogen and oxygen atoms in total. The number of aromatic nitrogens is 1. The minimum Gasteiger partial charge on any atom is -0.479 e. The predicted octanol–water partition coefficient (Wildman–Crippen LogP) is 1.15. The molecule has 1 atom stereocenters. The molecular weight excluding hydrogens is 300 g/mol. The van der Waals surface area contributed by atoms with Crippen molar-refractivity contribution in [2.75, 3.05) is 6.61 Å². The molecule has 3 N–H and O–H groups in total. The lowest BCUT2D eigenvalue weighted by Gasteiger charge is -2.26. The average molecular weight is 318 g/mol. The molecule has 1 aromatic carbocycles. The van der Waals surface area contributed by atoms with Gasteiger partial charge in [0.15, 0.2) is 0 Å². The van der Waals surface area contributed by atoms with E-state index in [4.69, 9.17) is 4.74 Å². The lowest BCUT2D eigenvalue weighted by molar-refractivity contribution is -0.163. The Morgan fingerprint density at radius 1 is 1.43 bits per heavy atom. The number of fused-ring (bicyclic) bond motifs is 1. The molecule has 23 heavy (non-hydrogen) atoms. The number of carbonyl (C=O) groups excluding carboxylic acids is 2. The van der Waals surface area contributed by atoms with Crippen LogP contribution < -0.4 is 5.32 Å². The Morgan fingerprint density at radius 3 is 2.78 bits per heavy atom. The SMILES string of the molecule is CCOC(=O)C(Cc1c[nH]c2cc(C)ccc12)(NC=O)C(=O)O. The number of hydrogen-bond donors (Lipinski definition) is 3. The predicted molar refractivity (Wildman–Crippen MR) is 82.9 cm³/mol. The number of carboxylic acids is 1. The number of aromatic amines is 1. The van der Waals surface area contributed by atoms with Crippen molar-refractivity contribution >= 4 is 29.3 Å². The minimum atomic E-state index is -2.15. The maximum Gasteiger partial charge on any atom is 0.344 e. The summed E-state index contributed by atoms with van der Waals surface area (Å²) in [6.45, 7) is 3.52. The summed E-state index contributed by atoms with van der Waals surface area (Å²) >= 11 is 0. The standard InChI is InChI=1S/C16H18N2O5/c1-3-23-15(22)16(14(20)21,18-9-19)7-11-8-17-13-6-10(2)4-5-12(11)13/h4-6,8-9,17H,3,7H2,1-2H3,(H,18,19)(H,20,21). The number of aliphatic carboxylic acids is 1. The van der Waals surface area contributed by atoms with Crippen LogP contribution in [0.5, 0.6) is 0 Å². The van der Waals surface area contributed by atoms with Crippen LogP contribution in [-0.4, -0.2) is 40.6 Å². The Labute approximate surface area is 132 Å². The van der Waals surface area contributed by atoms with Gasteiger partial charge in [0.05, 0.1) is 6.61 Å². The Kier molecular flexibility index (Phi) is 4.68. The average Bonchev–Trinajstić information content (AvgIpc) is 2.88. The number of benzene rings is 1.